The van der Waals surface area contributed by atoms with Crippen LogP contribution >= 0.6 is 11.8 Å². The maximum Gasteiger partial charge on any atom is 0.243 e. The first-order valence-corrected chi connectivity index (χ1v) is 9.06. The summed E-state index contributed by atoms with van der Waals surface area (Å²) < 4.78 is 0. The SMILES string of the molecule is CCSCCC(=O)N[C@@H](Cc1ccccc1)C(=O)NC1CC1. The number of hydrogen-bond donors (Lipinski definition) is 2. The molecule has 4 nitrogen and oxygen atoms in total. The smallest absolute Gasteiger partial charge is 0.243 e. The first kappa shape index (κ1) is 16.9. The highest BCUT2D eigenvalue weighted by Gasteiger charge is 2.28. The third-order valence-electron chi connectivity index (χ3n) is 3.54. The Bertz CT molecular complexity index is 489. The van der Waals surface area contributed by atoms with E-state index in [0.29, 0.717) is 18.9 Å². The average Bonchev–Trinajstić information content (AvgIpc) is 3.32. The van der Waals surface area contributed by atoms with Crippen LogP contribution in [0.25, 0.3) is 0 Å². The minimum atomic E-state index is -0.484. The normalized spacial score (nSPS) is 15.1. The summed E-state index contributed by atoms with van der Waals surface area (Å²) in [6, 6.07) is 9.63. The van der Waals surface area contributed by atoms with Crippen LogP contribution in [0.5, 0.6) is 0 Å². The number of hydrogen-bond acceptors (Lipinski definition) is 3. The van der Waals surface area contributed by atoms with E-state index >= 15 is 0 Å². The number of amides is 2. The quantitative estimate of drug-likeness (QED) is 0.685. The molecule has 0 aliphatic heterocycles. The first-order valence-electron chi connectivity index (χ1n) is 7.90. The minimum Gasteiger partial charge on any atom is -0.352 e. The molecule has 1 atom stereocenters. The second-order valence-electron chi connectivity index (χ2n) is 5.54. The molecule has 120 valence electrons. The van der Waals surface area contributed by atoms with Crippen molar-refractivity contribution in [3.63, 3.8) is 0 Å². The Labute approximate surface area is 136 Å². The highest BCUT2D eigenvalue weighted by molar-refractivity contribution is 7.99. The first-order chi connectivity index (χ1) is 10.7. The van der Waals surface area contributed by atoms with Gasteiger partial charge in [-0.2, -0.15) is 11.8 Å². The van der Waals surface area contributed by atoms with E-state index < -0.39 is 6.04 Å². The number of nitrogens with one attached hydrogen (secondary N) is 2. The summed E-state index contributed by atoms with van der Waals surface area (Å²) in [6.45, 7) is 2.07. The minimum absolute atomic E-state index is 0.0483. The summed E-state index contributed by atoms with van der Waals surface area (Å²) in [5.41, 5.74) is 1.06. The number of thioether (sulfide) groups is 1. The van der Waals surface area contributed by atoms with Crippen molar-refractivity contribution in [3.05, 3.63) is 35.9 Å². The van der Waals surface area contributed by atoms with Gasteiger partial charge in [0.25, 0.3) is 0 Å². The molecule has 1 aromatic rings. The van der Waals surface area contributed by atoms with E-state index in [9.17, 15) is 9.59 Å². The van der Waals surface area contributed by atoms with E-state index in [-0.39, 0.29) is 11.8 Å². The zero-order valence-electron chi connectivity index (χ0n) is 13.0. The summed E-state index contributed by atoms with van der Waals surface area (Å²) in [4.78, 5) is 24.4. The van der Waals surface area contributed by atoms with Crippen LogP contribution in [-0.2, 0) is 16.0 Å². The van der Waals surface area contributed by atoms with Crippen molar-refractivity contribution in [2.45, 2.75) is 44.7 Å². The molecule has 0 saturated heterocycles. The standard InChI is InChI=1S/C17H24N2O2S/c1-2-22-11-10-16(20)19-15(17(21)18-14-8-9-14)12-13-6-4-3-5-7-13/h3-7,14-15H,2,8-12H2,1H3,(H,18,21)(H,19,20)/t15-/m0/s1. The highest BCUT2D eigenvalue weighted by Crippen LogP contribution is 2.19. The summed E-state index contributed by atoms with van der Waals surface area (Å²) in [6.07, 6.45) is 3.09. The van der Waals surface area contributed by atoms with Gasteiger partial charge in [-0.05, 0) is 24.2 Å². The van der Waals surface area contributed by atoms with Gasteiger partial charge in [-0.15, -0.1) is 0 Å². The van der Waals surface area contributed by atoms with Crippen molar-refractivity contribution in [2.24, 2.45) is 0 Å². The second kappa shape index (κ2) is 8.83. The third kappa shape index (κ3) is 6.10. The maximum absolute atomic E-state index is 12.3. The molecular weight excluding hydrogens is 296 g/mol. The highest BCUT2D eigenvalue weighted by atomic mass is 32.2. The van der Waals surface area contributed by atoms with Crippen molar-refractivity contribution in [3.8, 4) is 0 Å². The lowest BCUT2D eigenvalue weighted by Crippen LogP contribution is -2.48. The molecule has 1 aromatic carbocycles. The molecular formula is C17H24N2O2S. The van der Waals surface area contributed by atoms with E-state index in [1.807, 2.05) is 30.3 Å². The molecule has 1 aliphatic rings. The van der Waals surface area contributed by atoms with Crippen LogP contribution in [-0.4, -0.2) is 35.4 Å². The number of benzene rings is 1. The molecule has 5 heteroatoms. The predicted molar refractivity (Wildman–Crippen MR) is 90.9 cm³/mol. The largest absolute Gasteiger partial charge is 0.352 e. The van der Waals surface area contributed by atoms with E-state index in [1.54, 1.807) is 11.8 Å². The van der Waals surface area contributed by atoms with Gasteiger partial charge < -0.3 is 10.6 Å². The topological polar surface area (TPSA) is 58.2 Å². The second-order valence-corrected chi connectivity index (χ2v) is 6.93. The molecule has 0 bridgehead atoms. The molecule has 1 saturated carbocycles. The van der Waals surface area contributed by atoms with Gasteiger partial charge >= 0.3 is 0 Å². The van der Waals surface area contributed by atoms with Gasteiger partial charge in [0.1, 0.15) is 6.04 Å². The van der Waals surface area contributed by atoms with Gasteiger partial charge in [-0.3, -0.25) is 9.59 Å². The van der Waals surface area contributed by atoms with Crippen LogP contribution in [0.1, 0.15) is 31.7 Å². The van der Waals surface area contributed by atoms with Gasteiger partial charge in [0.15, 0.2) is 0 Å². The molecule has 2 amide bonds. The van der Waals surface area contributed by atoms with Gasteiger partial charge in [-0.25, -0.2) is 0 Å². The molecule has 0 aromatic heterocycles. The Hall–Kier alpha value is -1.49. The lowest BCUT2D eigenvalue weighted by Gasteiger charge is -2.18. The van der Waals surface area contributed by atoms with E-state index in [0.717, 1.165) is 29.9 Å². The third-order valence-corrected chi connectivity index (χ3v) is 4.44. The van der Waals surface area contributed by atoms with E-state index in [2.05, 4.69) is 17.6 Å². The van der Waals surface area contributed by atoms with Crippen molar-refractivity contribution >= 4 is 23.6 Å². The summed E-state index contributed by atoms with van der Waals surface area (Å²) in [7, 11) is 0. The van der Waals surface area contributed by atoms with Crippen molar-refractivity contribution in [2.75, 3.05) is 11.5 Å². The van der Waals surface area contributed by atoms with Crippen molar-refractivity contribution in [1.29, 1.82) is 0 Å². The molecule has 1 aliphatic carbocycles. The Morgan fingerprint density at radius 1 is 1.27 bits per heavy atom. The molecule has 0 heterocycles. The van der Waals surface area contributed by atoms with Crippen LogP contribution in [0.15, 0.2) is 30.3 Å². The Kier molecular flexibility index (Phi) is 6.77. The van der Waals surface area contributed by atoms with Crippen LogP contribution in [0.3, 0.4) is 0 Å². The van der Waals surface area contributed by atoms with Gasteiger partial charge in [0.2, 0.25) is 11.8 Å². The molecule has 1 fully saturated rings. The van der Waals surface area contributed by atoms with Crippen LogP contribution in [0.4, 0.5) is 0 Å². The maximum atomic E-state index is 12.3. The Morgan fingerprint density at radius 3 is 2.64 bits per heavy atom. The Balaban J connectivity index is 1.91. The van der Waals surface area contributed by atoms with Gasteiger partial charge in [-0.1, -0.05) is 37.3 Å². The summed E-state index contributed by atoms with van der Waals surface area (Å²) in [5, 5.41) is 5.88. The number of carbonyl (C=O) groups is 2. The molecule has 0 spiro atoms. The number of rotatable bonds is 9. The molecule has 22 heavy (non-hydrogen) atoms. The molecule has 2 N–H and O–H groups in total. The van der Waals surface area contributed by atoms with Crippen LogP contribution in [0.2, 0.25) is 0 Å². The zero-order valence-corrected chi connectivity index (χ0v) is 13.8. The van der Waals surface area contributed by atoms with E-state index in [4.69, 9.17) is 0 Å². The zero-order chi connectivity index (χ0) is 15.8. The predicted octanol–water partition coefficient (Wildman–Crippen LogP) is 2.14. The Morgan fingerprint density at radius 2 is 2.00 bits per heavy atom. The summed E-state index contributed by atoms with van der Waals surface area (Å²) in [5.74, 6) is 1.68. The van der Waals surface area contributed by atoms with Crippen LogP contribution in [0, 0.1) is 0 Å². The van der Waals surface area contributed by atoms with Gasteiger partial charge in [0.05, 0.1) is 0 Å². The van der Waals surface area contributed by atoms with Crippen LogP contribution < -0.4 is 10.6 Å². The molecule has 0 radical (unpaired) electrons. The molecule has 2 rings (SSSR count). The average molecular weight is 320 g/mol. The number of carbonyl (C=O) groups excluding carboxylic acids is 2. The van der Waals surface area contributed by atoms with Crippen molar-refractivity contribution < 1.29 is 9.59 Å². The monoisotopic (exact) mass is 320 g/mol. The lowest BCUT2D eigenvalue weighted by molar-refractivity contribution is -0.128. The fourth-order valence-corrected chi connectivity index (χ4v) is 2.78. The fraction of sp³-hybridized carbons (Fsp3) is 0.529. The summed E-state index contributed by atoms with van der Waals surface area (Å²) >= 11 is 1.74. The fourth-order valence-electron chi connectivity index (χ4n) is 2.16. The lowest BCUT2D eigenvalue weighted by atomic mass is 10.1. The van der Waals surface area contributed by atoms with Crippen molar-refractivity contribution in [1.82, 2.24) is 10.6 Å². The molecule has 0 unspecified atom stereocenters. The van der Waals surface area contributed by atoms with E-state index in [1.165, 1.54) is 0 Å². The van der Waals surface area contributed by atoms with Gasteiger partial charge in [0, 0.05) is 24.6 Å².